The van der Waals surface area contributed by atoms with Crippen molar-refractivity contribution in [1.29, 1.82) is 0 Å². The average Bonchev–Trinajstić information content (AvgIpc) is 2.55. The van der Waals surface area contributed by atoms with Gasteiger partial charge in [0.1, 0.15) is 0 Å². The van der Waals surface area contributed by atoms with Crippen LogP contribution in [0.25, 0.3) is 0 Å². The van der Waals surface area contributed by atoms with Crippen molar-refractivity contribution < 1.29 is 14.3 Å². The lowest BCUT2D eigenvalue weighted by atomic mass is 9.98. The van der Waals surface area contributed by atoms with Gasteiger partial charge < -0.3 is 10.1 Å². The predicted molar refractivity (Wildman–Crippen MR) is 83.8 cm³/mol. The molecule has 1 atom stereocenters. The smallest absolute Gasteiger partial charge is 0.339 e. The summed E-state index contributed by atoms with van der Waals surface area (Å²) in [6.07, 6.45) is 0.518. The normalized spacial score (nSPS) is 16.6. The number of carbonyl (C=O) groups is 2. The maximum absolute atomic E-state index is 12.3. The number of anilines is 1. The molecule has 0 aliphatic carbocycles. The van der Waals surface area contributed by atoms with Crippen LogP contribution in [0.15, 0.2) is 48.5 Å². The number of cyclic esters (lactones) is 1. The molecule has 1 N–H and O–H groups in total. The molecular formula is C18H17NO3. The summed E-state index contributed by atoms with van der Waals surface area (Å²) in [5.74, 6) is -0.736. The molecule has 1 heterocycles. The van der Waals surface area contributed by atoms with Gasteiger partial charge >= 0.3 is 5.97 Å². The molecule has 112 valence electrons. The number of ether oxygens (including phenoxy) is 1. The molecule has 0 aromatic heterocycles. The number of amides is 1. The molecule has 0 saturated heterocycles. The van der Waals surface area contributed by atoms with Crippen molar-refractivity contribution in [3.8, 4) is 0 Å². The number of aryl methyl sites for hydroxylation is 1. The Bertz CT molecular complexity index is 724. The zero-order valence-corrected chi connectivity index (χ0v) is 12.3. The highest BCUT2D eigenvalue weighted by atomic mass is 16.5. The van der Waals surface area contributed by atoms with Gasteiger partial charge in [0, 0.05) is 12.1 Å². The minimum Gasteiger partial charge on any atom is -0.448 e. The summed E-state index contributed by atoms with van der Waals surface area (Å²) >= 11 is 0. The van der Waals surface area contributed by atoms with Crippen LogP contribution in [-0.2, 0) is 22.4 Å². The molecule has 1 unspecified atom stereocenters. The molecule has 1 amide bonds. The lowest BCUT2D eigenvalue weighted by molar-refractivity contribution is -0.125. The van der Waals surface area contributed by atoms with E-state index in [-0.39, 0.29) is 5.91 Å². The molecule has 4 nitrogen and oxygen atoms in total. The van der Waals surface area contributed by atoms with Crippen molar-refractivity contribution >= 4 is 17.6 Å². The highest BCUT2D eigenvalue weighted by Crippen LogP contribution is 2.21. The molecule has 0 bridgehead atoms. The van der Waals surface area contributed by atoms with Gasteiger partial charge in [-0.05, 0) is 35.7 Å². The van der Waals surface area contributed by atoms with Crippen molar-refractivity contribution in [3.05, 3.63) is 65.2 Å². The maximum atomic E-state index is 12.3. The van der Waals surface area contributed by atoms with E-state index in [4.69, 9.17) is 4.74 Å². The van der Waals surface area contributed by atoms with Crippen LogP contribution in [0.3, 0.4) is 0 Å². The van der Waals surface area contributed by atoms with Crippen molar-refractivity contribution in [1.82, 2.24) is 0 Å². The first kappa shape index (κ1) is 14.3. The standard InChI is InChI=1S/C18H17NO3/c1-2-12-6-5-8-14(10-12)19-17(20)16-11-13-7-3-4-9-15(13)18(21)22-16/h3-10,16H,2,11H2,1H3,(H,19,20). The zero-order valence-electron chi connectivity index (χ0n) is 12.3. The van der Waals surface area contributed by atoms with E-state index >= 15 is 0 Å². The van der Waals surface area contributed by atoms with Gasteiger partial charge in [0.2, 0.25) is 0 Å². The number of rotatable bonds is 3. The van der Waals surface area contributed by atoms with Gasteiger partial charge in [-0.25, -0.2) is 4.79 Å². The van der Waals surface area contributed by atoms with Gasteiger partial charge in [-0.15, -0.1) is 0 Å². The monoisotopic (exact) mass is 295 g/mol. The second-order valence-corrected chi connectivity index (χ2v) is 5.30. The molecular weight excluding hydrogens is 278 g/mol. The summed E-state index contributed by atoms with van der Waals surface area (Å²) in [6, 6.07) is 14.9. The van der Waals surface area contributed by atoms with Crippen molar-refractivity contribution in [2.45, 2.75) is 25.9 Å². The molecule has 0 radical (unpaired) electrons. The molecule has 1 aliphatic rings. The number of nitrogens with one attached hydrogen (secondary N) is 1. The Morgan fingerprint density at radius 3 is 2.86 bits per heavy atom. The molecule has 0 spiro atoms. The number of benzene rings is 2. The van der Waals surface area contributed by atoms with E-state index in [1.165, 1.54) is 0 Å². The summed E-state index contributed by atoms with van der Waals surface area (Å²) < 4.78 is 5.25. The van der Waals surface area contributed by atoms with E-state index < -0.39 is 12.1 Å². The van der Waals surface area contributed by atoms with Crippen LogP contribution in [0, 0.1) is 0 Å². The zero-order chi connectivity index (χ0) is 15.5. The van der Waals surface area contributed by atoms with E-state index in [9.17, 15) is 9.59 Å². The largest absolute Gasteiger partial charge is 0.448 e. The first-order valence-corrected chi connectivity index (χ1v) is 7.36. The maximum Gasteiger partial charge on any atom is 0.339 e. The topological polar surface area (TPSA) is 55.4 Å². The van der Waals surface area contributed by atoms with E-state index in [2.05, 4.69) is 12.2 Å². The van der Waals surface area contributed by atoms with Crippen LogP contribution in [0.1, 0.15) is 28.4 Å². The fraction of sp³-hybridized carbons (Fsp3) is 0.222. The van der Waals surface area contributed by atoms with Gasteiger partial charge in [-0.3, -0.25) is 4.79 Å². The highest BCUT2D eigenvalue weighted by molar-refractivity contribution is 6.00. The number of hydrogen-bond donors (Lipinski definition) is 1. The molecule has 0 fully saturated rings. The van der Waals surface area contributed by atoms with Crippen molar-refractivity contribution in [3.63, 3.8) is 0 Å². The van der Waals surface area contributed by atoms with E-state index in [0.29, 0.717) is 12.0 Å². The first-order valence-electron chi connectivity index (χ1n) is 7.36. The second-order valence-electron chi connectivity index (χ2n) is 5.30. The minimum atomic E-state index is -0.785. The quantitative estimate of drug-likeness (QED) is 0.886. The summed E-state index contributed by atoms with van der Waals surface area (Å²) in [7, 11) is 0. The van der Waals surface area contributed by atoms with Crippen LogP contribution < -0.4 is 5.32 Å². The Kier molecular flexibility index (Phi) is 3.92. The number of hydrogen-bond acceptors (Lipinski definition) is 3. The van der Waals surface area contributed by atoms with Crippen LogP contribution in [0.5, 0.6) is 0 Å². The summed E-state index contributed by atoms with van der Waals surface area (Å²) in [5, 5.41) is 2.82. The lowest BCUT2D eigenvalue weighted by Crippen LogP contribution is -2.37. The van der Waals surface area contributed by atoms with Gasteiger partial charge in [-0.1, -0.05) is 37.3 Å². The van der Waals surface area contributed by atoms with Crippen molar-refractivity contribution in [2.24, 2.45) is 0 Å². The Hall–Kier alpha value is -2.62. The summed E-state index contributed by atoms with van der Waals surface area (Å²) in [4.78, 5) is 24.3. The molecule has 4 heteroatoms. The van der Waals surface area contributed by atoms with Gasteiger partial charge in [0.25, 0.3) is 5.91 Å². The van der Waals surface area contributed by atoms with E-state index in [0.717, 1.165) is 23.2 Å². The lowest BCUT2D eigenvalue weighted by Gasteiger charge is -2.23. The molecule has 3 rings (SSSR count). The fourth-order valence-corrected chi connectivity index (χ4v) is 2.57. The Morgan fingerprint density at radius 1 is 1.23 bits per heavy atom. The molecule has 2 aromatic carbocycles. The number of carbonyl (C=O) groups excluding carboxylic acids is 2. The van der Waals surface area contributed by atoms with E-state index in [1.807, 2.05) is 36.4 Å². The third-order valence-electron chi connectivity index (χ3n) is 3.79. The first-order chi connectivity index (χ1) is 10.7. The average molecular weight is 295 g/mol. The third kappa shape index (κ3) is 2.86. The minimum absolute atomic E-state index is 0.295. The molecule has 0 saturated carbocycles. The summed E-state index contributed by atoms with van der Waals surface area (Å²) in [5.41, 5.74) is 3.25. The van der Waals surface area contributed by atoms with Crippen LogP contribution >= 0.6 is 0 Å². The summed E-state index contributed by atoms with van der Waals surface area (Å²) in [6.45, 7) is 2.06. The molecule has 1 aliphatic heterocycles. The Morgan fingerprint density at radius 2 is 2.05 bits per heavy atom. The van der Waals surface area contributed by atoms with Crippen LogP contribution in [0.2, 0.25) is 0 Å². The second kappa shape index (κ2) is 6.02. The van der Waals surface area contributed by atoms with Gasteiger partial charge in [0.15, 0.2) is 6.10 Å². The SMILES string of the molecule is CCc1cccc(NC(=O)C2Cc3ccccc3C(=O)O2)c1. The fourth-order valence-electron chi connectivity index (χ4n) is 2.57. The molecule has 22 heavy (non-hydrogen) atoms. The molecule has 2 aromatic rings. The van der Waals surface area contributed by atoms with Crippen LogP contribution in [0.4, 0.5) is 5.69 Å². The van der Waals surface area contributed by atoms with Gasteiger partial charge in [0.05, 0.1) is 5.56 Å². The van der Waals surface area contributed by atoms with Gasteiger partial charge in [-0.2, -0.15) is 0 Å². The number of fused-ring (bicyclic) bond motifs is 1. The number of esters is 1. The van der Waals surface area contributed by atoms with Crippen LogP contribution in [-0.4, -0.2) is 18.0 Å². The Labute approximate surface area is 129 Å². The third-order valence-corrected chi connectivity index (χ3v) is 3.79. The van der Waals surface area contributed by atoms with E-state index in [1.54, 1.807) is 12.1 Å². The van der Waals surface area contributed by atoms with Crippen molar-refractivity contribution in [2.75, 3.05) is 5.32 Å². The predicted octanol–water partition coefficient (Wildman–Crippen LogP) is 2.97. The Balaban J connectivity index is 1.75. The highest BCUT2D eigenvalue weighted by Gasteiger charge is 2.30.